The largest absolute Gasteiger partial charge is 0.496 e. The van der Waals surface area contributed by atoms with Crippen LogP contribution in [0.15, 0.2) is 71.8 Å². The Labute approximate surface area is 162 Å². The van der Waals surface area contributed by atoms with Crippen LogP contribution in [-0.2, 0) is 0 Å². The first kappa shape index (κ1) is 17.7. The van der Waals surface area contributed by atoms with Gasteiger partial charge < -0.3 is 4.74 Å². The van der Waals surface area contributed by atoms with Gasteiger partial charge in [-0.05, 0) is 48.4 Å². The summed E-state index contributed by atoms with van der Waals surface area (Å²) in [6, 6.07) is 17.1. The van der Waals surface area contributed by atoms with Crippen molar-refractivity contribution in [3.05, 3.63) is 94.3 Å². The van der Waals surface area contributed by atoms with Crippen molar-refractivity contribution < 1.29 is 4.74 Å². The molecule has 0 saturated heterocycles. The molecule has 0 amide bonds. The fraction of sp³-hybridized carbons (Fsp3) is 0.0870. The molecule has 138 valence electrons. The average Bonchev–Trinajstić information content (AvgIpc) is 2.74. The van der Waals surface area contributed by atoms with Gasteiger partial charge in [-0.2, -0.15) is 0 Å². The Morgan fingerprint density at radius 1 is 1.00 bits per heavy atom. The predicted octanol–water partition coefficient (Wildman–Crippen LogP) is 4.27. The molecule has 28 heavy (non-hydrogen) atoms. The standard InChI is InChI=1S/C23H19N3O2/c1-16-17(7-6-10-21(16)28-2)11-12-22-25-20-13-14-24-15-19(20)23(27)26(22)18-8-4-3-5-9-18/h3-15H,1-2H3/b12-11+. The number of ether oxygens (including phenoxy) is 1. The molecular formula is C23H19N3O2. The number of pyridine rings is 1. The van der Waals surface area contributed by atoms with Crippen molar-refractivity contribution in [2.24, 2.45) is 0 Å². The lowest BCUT2D eigenvalue weighted by atomic mass is 10.1. The zero-order chi connectivity index (χ0) is 19.5. The summed E-state index contributed by atoms with van der Waals surface area (Å²) in [6.07, 6.45) is 7.01. The number of rotatable bonds is 4. The van der Waals surface area contributed by atoms with Gasteiger partial charge in [-0.3, -0.25) is 14.3 Å². The van der Waals surface area contributed by atoms with Gasteiger partial charge in [0.25, 0.3) is 5.56 Å². The van der Waals surface area contributed by atoms with Crippen LogP contribution in [0.5, 0.6) is 5.75 Å². The maximum Gasteiger partial charge on any atom is 0.267 e. The lowest BCUT2D eigenvalue weighted by Crippen LogP contribution is -2.22. The highest BCUT2D eigenvalue weighted by molar-refractivity contribution is 5.79. The molecular weight excluding hydrogens is 350 g/mol. The van der Waals surface area contributed by atoms with Crippen LogP contribution in [0.3, 0.4) is 0 Å². The second-order valence-electron chi connectivity index (χ2n) is 6.35. The Balaban J connectivity index is 1.92. The minimum Gasteiger partial charge on any atom is -0.496 e. The molecule has 0 N–H and O–H groups in total. The lowest BCUT2D eigenvalue weighted by Gasteiger charge is -2.11. The number of fused-ring (bicyclic) bond motifs is 1. The van der Waals surface area contributed by atoms with E-state index in [1.54, 1.807) is 30.1 Å². The van der Waals surface area contributed by atoms with Crippen LogP contribution < -0.4 is 10.3 Å². The normalized spacial score (nSPS) is 11.2. The topological polar surface area (TPSA) is 57.0 Å². The Hall–Kier alpha value is -3.73. The van der Waals surface area contributed by atoms with Crippen molar-refractivity contribution in [2.75, 3.05) is 7.11 Å². The molecule has 0 radical (unpaired) electrons. The molecule has 4 aromatic rings. The van der Waals surface area contributed by atoms with E-state index < -0.39 is 0 Å². The highest BCUT2D eigenvalue weighted by atomic mass is 16.5. The summed E-state index contributed by atoms with van der Waals surface area (Å²) in [5.74, 6) is 1.37. The fourth-order valence-corrected chi connectivity index (χ4v) is 3.18. The second kappa shape index (κ2) is 7.48. The molecule has 2 aromatic heterocycles. The van der Waals surface area contributed by atoms with E-state index in [2.05, 4.69) is 4.98 Å². The minimum atomic E-state index is -0.147. The third-order valence-corrected chi connectivity index (χ3v) is 4.67. The summed E-state index contributed by atoms with van der Waals surface area (Å²) in [6.45, 7) is 2.00. The quantitative estimate of drug-likeness (QED) is 0.539. The molecule has 0 aliphatic carbocycles. The summed E-state index contributed by atoms with van der Waals surface area (Å²) < 4.78 is 7.00. The Bertz CT molecular complexity index is 1230. The third kappa shape index (κ3) is 3.18. The van der Waals surface area contributed by atoms with Crippen LogP contribution in [-0.4, -0.2) is 21.6 Å². The molecule has 0 bridgehead atoms. The van der Waals surface area contributed by atoms with Crippen LogP contribution in [0.25, 0.3) is 28.7 Å². The SMILES string of the molecule is COc1cccc(/C=C/c2nc3ccncc3c(=O)n2-c2ccccc2)c1C. The first-order valence-corrected chi connectivity index (χ1v) is 8.93. The van der Waals surface area contributed by atoms with Gasteiger partial charge in [0.1, 0.15) is 11.6 Å². The van der Waals surface area contributed by atoms with E-state index in [1.165, 1.54) is 0 Å². The number of nitrogens with zero attached hydrogens (tertiary/aromatic N) is 3. The van der Waals surface area contributed by atoms with Gasteiger partial charge >= 0.3 is 0 Å². The van der Waals surface area contributed by atoms with Gasteiger partial charge in [-0.15, -0.1) is 0 Å². The maximum atomic E-state index is 13.2. The van der Waals surface area contributed by atoms with Crippen LogP contribution >= 0.6 is 0 Å². The number of benzene rings is 2. The summed E-state index contributed by atoms with van der Waals surface area (Å²) >= 11 is 0. The molecule has 0 spiro atoms. The average molecular weight is 369 g/mol. The van der Waals surface area contributed by atoms with Crippen molar-refractivity contribution in [3.63, 3.8) is 0 Å². The van der Waals surface area contributed by atoms with Crippen LogP contribution in [0.2, 0.25) is 0 Å². The molecule has 5 heteroatoms. The van der Waals surface area contributed by atoms with Crippen molar-refractivity contribution in [3.8, 4) is 11.4 Å². The molecule has 0 fully saturated rings. The summed E-state index contributed by atoms with van der Waals surface area (Å²) in [4.78, 5) is 21.9. The van der Waals surface area contributed by atoms with E-state index in [0.717, 1.165) is 22.6 Å². The van der Waals surface area contributed by atoms with Gasteiger partial charge in [-0.25, -0.2) is 4.98 Å². The zero-order valence-corrected chi connectivity index (χ0v) is 15.7. The molecule has 0 saturated carbocycles. The number of para-hydroxylation sites is 1. The molecule has 0 aliphatic rings. The molecule has 2 heterocycles. The first-order valence-electron chi connectivity index (χ1n) is 8.93. The molecule has 4 rings (SSSR count). The Kier molecular flexibility index (Phi) is 4.72. The highest BCUT2D eigenvalue weighted by Gasteiger charge is 2.11. The third-order valence-electron chi connectivity index (χ3n) is 4.67. The number of hydrogen-bond donors (Lipinski definition) is 0. The van der Waals surface area contributed by atoms with E-state index in [9.17, 15) is 4.79 Å². The Morgan fingerprint density at radius 3 is 2.61 bits per heavy atom. The van der Waals surface area contributed by atoms with Crippen molar-refractivity contribution in [2.45, 2.75) is 6.92 Å². The fourth-order valence-electron chi connectivity index (χ4n) is 3.18. The van der Waals surface area contributed by atoms with Gasteiger partial charge in [0.05, 0.1) is 23.7 Å². The second-order valence-corrected chi connectivity index (χ2v) is 6.35. The minimum absolute atomic E-state index is 0.147. The van der Waals surface area contributed by atoms with Crippen molar-refractivity contribution in [1.82, 2.24) is 14.5 Å². The van der Waals surface area contributed by atoms with Crippen LogP contribution in [0.4, 0.5) is 0 Å². The van der Waals surface area contributed by atoms with Crippen molar-refractivity contribution >= 4 is 23.1 Å². The van der Waals surface area contributed by atoms with Crippen LogP contribution in [0, 0.1) is 6.92 Å². The molecule has 2 aromatic carbocycles. The van der Waals surface area contributed by atoms with E-state index in [-0.39, 0.29) is 5.56 Å². The number of aromatic nitrogens is 3. The summed E-state index contributed by atoms with van der Waals surface area (Å²) in [7, 11) is 1.65. The van der Waals surface area contributed by atoms with E-state index >= 15 is 0 Å². The summed E-state index contributed by atoms with van der Waals surface area (Å²) in [5, 5.41) is 0.487. The van der Waals surface area contributed by atoms with Gasteiger partial charge in [0, 0.05) is 12.4 Å². The monoisotopic (exact) mass is 369 g/mol. The number of methoxy groups -OCH3 is 1. The lowest BCUT2D eigenvalue weighted by molar-refractivity contribution is 0.411. The van der Waals surface area contributed by atoms with Gasteiger partial charge in [0.15, 0.2) is 0 Å². The van der Waals surface area contributed by atoms with Crippen molar-refractivity contribution in [1.29, 1.82) is 0 Å². The first-order chi connectivity index (χ1) is 13.7. The molecule has 0 atom stereocenters. The summed E-state index contributed by atoms with van der Waals surface area (Å²) in [5.41, 5.74) is 3.26. The smallest absolute Gasteiger partial charge is 0.267 e. The predicted molar refractivity (Wildman–Crippen MR) is 112 cm³/mol. The molecule has 5 nitrogen and oxygen atoms in total. The van der Waals surface area contributed by atoms with E-state index in [0.29, 0.717) is 16.7 Å². The van der Waals surface area contributed by atoms with E-state index in [4.69, 9.17) is 9.72 Å². The molecule has 0 aliphatic heterocycles. The van der Waals surface area contributed by atoms with Gasteiger partial charge in [-0.1, -0.05) is 36.4 Å². The Morgan fingerprint density at radius 2 is 1.82 bits per heavy atom. The van der Waals surface area contributed by atoms with Crippen LogP contribution in [0.1, 0.15) is 17.0 Å². The zero-order valence-electron chi connectivity index (χ0n) is 15.7. The maximum absolute atomic E-state index is 13.2. The van der Waals surface area contributed by atoms with E-state index in [1.807, 2.05) is 67.6 Å². The molecule has 0 unspecified atom stereocenters. The van der Waals surface area contributed by atoms with Gasteiger partial charge in [0.2, 0.25) is 0 Å². The number of hydrogen-bond acceptors (Lipinski definition) is 4. The highest BCUT2D eigenvalue weighted by Crippen LogP contribution is 2.23.